The van der Waals surface area contributed by atoms with Crippen LogP contribution in [-0.4, -0.2) is 45.9 Å². The van der Waals surface area contributed by atoms with Gasteiger partial charge in [-0.2, -0.15) is 0 Å². The van der Waals surface area contributed by atoms with Gasteiger partial charge in [0.15, 0.2) is 0 Å². The molecule has 0 aromatic heterocycles. The lowest BCUT2D eigenvalue weighted by Gasteiger charge is -2.26. The second-order valence-corrected chi connectivity index (χ2v) is 7.28. The maximum absolute atomic E-state index is 12.6. The second kappa shape index (κ2) is 11.2. The highest BCUT2D eigenvalue weighted by Gasteiger charge is 2.21. The van der Waals surface area contributed by atoms with Gasteiger partial charge in [-0.25, -0.2) is 0 Å². The predicted molar refractivity (Wildman–Crippen MR) is 104 cm³/mol. The molecule has 1 aromatic rings. The van der Waals surface area contributed by atoms with E-state index < -0.39 is 0 Å². The molecule has 0 aliphatic heterocycles. The molecule has 0 radical (unpaired) electrons. The smallest absolute Gasteiger partial charge is 0.253 e. The van der Waals surface area contributed by atoms with Crippen molar-refractivity contribution in [3.8, 4) is 0 Å². The van der Waals surface area contributed by atoms with Crippen molar-refractivity contribution in [2.75, 3.05) is 19.7 Å². The van der Waals surface area contributed by atoms with Crippen molar-refractivity contribution in [3.63, 3.8) is 0 Å². The molecular formula is C18H25NO3S2. The Morgan fingerprint density at radius 3 is 2.46 bits per heavy atom. The van der Waals surface area contributed by atoms with Crippen LogP contribution in [0.15, 0.2) is 30.3 Å². The first-order valence-electron chi connectivity index (χ1n) is 8.15. The number of Topliss-reactive ketones (excluding diaryl/α,β-unsaturated/α-hetero) is 1. The number of hydrogen-bond acceptors (Lipinski definition) is 5. The summed E-state index contributed by atoms with van der Waals surface area (Å²) in [7, 11) is 0. The molecule has 0 heterocycles. The molecule has 0 fully saturated rings. The van der Waals surface area contributed by atoms with Crippen LogP contribution in [0.2, 0.25) is 0 Å². The van der Waals surface area contributed by atoms with Gasteiger partial charge in [0, 0.05) is 30.3 Å². The van der Waals surface area contributed by atoms with Crippen LogP contribution in [-0.2, 0) is 9.53 Å². The van der Waals surface area contributed by atoms with Crippen molar-refractivity contribution in [1.29, 1.82) is 0 Å². The molecule has 0 spiro atoms. The Morgan fingerprint density at radius 1 is 1.25 bits per heavy atom. The van der Waals surface area contributed by atoms with E-state index in [9.17, 15) is 9.59 Å². The van der Waals surface area contributed by atoms with E-state index >= 15 is 0 Å². The second-order valence-electron chi connectivity index (χ2n) is 5.37. The molecule has 24 heavy (non-hydrogen) atoms. The van der Waals surface area contributed by atoms with Crippen LogP contribution >= 0.6 is 24.0 Å². The molecule has 0 aliphatic carbocycles. The highest BCUT2D eigenvalue weighted by atomic mass is 32.2. The van der Waals surface area contributed by atoms with Crippen LogP contribution in [0.25, 0.3) is 0 Å². The van der Waals surface area contributed by atoms with Crippen LogP contribution < -0.4 is 0 Å². The molecule has 1 aromatic carbocycles. The van der Waals surface area contributed by atoms with Gasteiger partial charge in [-0.3, -0.25) is 4.79 Å². The maximum Gasteiger partial charge on any atom is 0.253 e. The Morgan fingerprint density at radius 2 is 1.92 bits per heavy atom. The average Bonchev–Trinajstić information content (AvgIpc) is 2.57. The van der Waals surface area contributed by atoms with Crippen LogP contribution in [0.1, 0.15) is 44.0 Å². The number of hydrogen-bond donors (Lipinski definition) is 0. The molecule has 1 amide bonds. The normalized spacial score (nSPS) is 11.6. The summed E-state index contributed by atoms with van der Waals surface area (Å²) in [5, 5.41) is 0.0422. The molecule has 1 rings (SSSR count). The summed E-state index contributed by atoms with van der Waals surface area (Å²) in [6.07, 6.45) is 1.15. The minimum atomic E-state index is -0.00569. The van der Waals surface area contributed by atoms with Crippen molar-refractivity contribution in [3.05, 3.63) is 35.9 Å². The van der Waals surface area contributed by atoms with Crippen LogP contribution in [0.5, 0.6) is 0 Å². The van der Waals surface area contributed by atoms with E-state index in [4.69, 9.17) is 17.0 Å². The summed E-state index contributed by atoms with van der Waals surface area (Å²) in [6, 6.07) is 9.22. The molecule has 0 saturated carbocycles. The van der Waals surface area contributed by atoms with E-state index in [0.29, 0.717) is 42.5 Å². The van der Waals surface area contributed by atoms with Crippen molar-refractivity contribution in [1.82, 2.24) is 4.90 Å². The van der Waals surface area contributed by atoms with Crippen LogP contribution in [0, 0.1) is 0 Å². The number of amides is 1. The van der Waals surface area contributed by atoms with E-state index in [2.05, 4.69) is 0 Å². The predicted octanol–water partition coefficient (Wildman–Crippen LogP) is 3.94. The van der Waals surface area contributed by atoms with Gasteiger partial charge < -0.3 is 14.4 Å². The maximum atomic E-state index is 12.6. The summed E-state index contributed by atoms with van der Waals surface area (Å²) in [5.74, 6) is 0.134. The van der Waals surface area contributed by atoms with Gasteiger partial charge in [-0.05, 0) is 51.5 Å². The van der Waals surface area contributed by atoms with Crippen molar-refractivity contribution < 1.29 is 14.3 Å². The number of ketones is 1. The fraction of sp³-hybridized carbons (Fsp3) is 0.500. The van der Waals surface area contributed by atoms with Crippen LogP contribution in [0.3, 0.4) is 0 Å². The van der Waals surface area contributed by atoms with Gasteiger partial charge >= 0.3 is 0 Å². The van der Waals surface area contributed by atoms with E-state index in [1.807, 2.05) is 44.2 Å². The number of thioether (sulfide) groups is 1. The lowest BCUT2D eigenvalue weighted by molar-refractivity contribution is -0.117. The Balaban J connectivity index is 2.77. The number of carbonyl (C=O) groups is 2. The summed E-state index contributed by atoms with van der Waals surface area (Å²) in [6.45, 7) is 7.08. The first-order chi connectivity index (χ1) is 11.5. The van der Waals surface area contributed by atoms with Crippen LogP contribution in [0.4, 0.5) is 0 Å². The van der Waals surface area contributed by atoms with Crippen molar-refractivity contribution >= 4 is 40.1 Å². The van der Waals surface area contributed by atoms with Gasteiger partial charge in [0.1, 0.15) is 5.78 Å². The van der Waals surface area contributed by atoms with E-state index in [1.54, 1.807) is 11.8 Å². The third kappa shape index (κ3) is 7.45. The van der Waals surface area contributed by atoms with Gasteiger partial charge in [0.2, 0.25) is 4.38 Å². The molecule has 0 saturated heterocycles. The van der Waals surface area contributed by atoms with Gasteiger partial charge in [0.05, 0.1) is 6.61 Å². The molecule has 132 valence electrons. The molecule has 6 heteroatoms. The first-order valence-corrected chi connectivity index (χ1v) is 9.43. The SMILES string of the molecule is CCOC(=S)SC(CCC(C)=O)CN(CC)C(=O)c1ccccc1. The minimum Gasteiger partial charge on any atom is -0.479 e. The van der Waals surface area contributed by atoms with Crippen molar-refractivity contribution in [2.24, 2.45) is 0 Å². The number of benzene rings is 1. The first kappa shape index (κ1) is 20.6. The van der Waals surface area contributed by atoms with E-state index in [-0.39, 0.29) is 16.9 Å². The largest absolute Gasteiger partial charge is 0.479 e. The van der Waals surface area contributed by atoms with E-state index in [1.165, 1.54) is 11.8 Å². The third-order valence-electron chi connectivity index (χ3n) is 3.46. The lowest BCUT2D eigenvalue weighted by Crippen LogP contribution is -2.37. The van der Waals surface area contributed by atoms with Gasteiger partial charge in [-0.15, -0.1) is 0 Å². The lowest BCUT2D eigenvalue weighted by atomic mass is 10.1. The molecular weight excluding hydrogens is 342 g/mol. The summed E-state index contributed by atoms with van der Waals surface area (Å²) in [5.41, 5.74) is 0.669. The Labute approximate surface area is 153 Å². The highest BCUT2D eigenvalue weighted by Crippen LogP contribution is 2.21. The quantitative estimate of drug-likeness (QED) is 0.619. The Bertz CT molecular complexity index is 548. The average molecular weight is 368 g/mol. The topological polar surface area (TPSA) is 46.6 Å². The Hall–Kier alpha value is -1.40. The number of rotatable bonds is 9. The zero-order valence-corrected chi connectivity index (χ0v) is 16.1. The zero-order chi connectivity index (χ0) is 17.9. The van der Waals surface area contributed by atoms with Crippen molar-refractivity contribution in [2.45, 2.75) is 38.9 Å². The standard InChI is InChI=1S/C18H25NO3S2/c1-4-19(17(21)15-9-7-6-8-10-15)13-16(12-11-14(3)20)24-18(23)22-5-2/h6-10,16H,4-5,11-13H2,1-3H3. The Kier molecular flexibility index (Phi) is 9.64. The number of ether oxygens (including phenoxy) is 1. The molecule has 0 bridgehead atoms. The summed E-state index contributed by atoms with van der Waals surface area (Å²) < 4.78 is 5.81. The highest BCUT2D eigenvalue weighted by molar-refractivity contribution is 8.23. The van der Waals surface area contributed by atoms with E-state index in [0.717, 1.165) is 0 Å². The number of carbonyl (C=O) groups excluding carboxylic acids is 2. The third-order valence-corrected chi connectivity index (χ3v) is 4.89. The summed E-state index contributed by atoms with van der Waals surface area (Å²) in [4.78, 5) is 25.8. The van der Waals surface area contributed by atoms with Gasteiger partial charge in [0.25, 0.3) is 5.91 Å². The fourth-order valence-electron chi connectivity index (χ4n) is 2.20. The molecule has 4 nitrogen and oxygen atoms in total. The fourth-order valence-corrected chi connectivity index (χ4v) is 3.68. The molecule has 1 unspecified atom stereocenters. The number of nitrogens with zero attached hydrogens (tertiary/aromatic N) is 1. The summed E-state index contributed by atoms with van der Waals surface area (Å²) >= 11 is 6.64. The molecule has 0 N–H and O–H groups in total. The zero-order valence-electron chi connectivity index (χ0n) is 14.5. The molecule has 0 aliphatic rings. The van der Waals surface area contributed by atoms with Gasteiger partial charge in [-0.1, -0.05) is 30.0 Å². The molecule has 1 atom stereocenters. The monoisotopic (exact) mass is 367 g/mol. The number of thiocarbonyl (C=S) groups is 1. The minimum absolute atomic E-state index is 0.00569.